The molecule has 0 radical (unpaired) electrons. The summed E-state index contributed by atoms with van der Waals surface area (Å²) in [5, 5.41) is 20.5. The van der Waals surface area contributed by atoms with Gasteiger partial charge in [0.2, 0.25) is 0 Å². The second-order valence-corrected chi connectivity index (χ2v) is 5.97. The van der Waals surface area contributed by atoms with Crippen molar-refractivity contribution in [1.82, 2.24) is 0 Å². The minimum atomic E-state index is -3.71. The lowest BCUT2D eigenvalue weighted by molar-refractivity contribution is -0.384. The zero-order valence-electron chi connectivity index (χ0n) is 11.2. The second kappa shape index (κ2) is 6.81. The van der Waals surface area contributed by atoms with E-state index in [9.17, 15) is 19.8 Å². The molecule has 0 unspecified atom stereocenters. The molecule has 0 aliphatic carbocycles. The molecule has 0 aromatic heterocycles. The molecule has 0 amide bonds. The van der Waals surface area contributed by atoms with E-state index in [1.54, 1.807) is 13.8 Å². The third-order valence-electron chi connectivity index (χ3n) is 2.50. The molecule has 0 spiro atoms. The molecule has 0 heterocycles. The Bertz CT molecular complexity index is 526. The molecule has 0 saturated carbocycles. The Morgan fingerprint density at radius 1 is 1.40 bits per heavy atom. The van der Waals surface area contributed by atoms with E-state index < -0.39 is 18.3 Å². The van der Waals surface area contributed by atoms with Crippen molar-refractivity contribution < 1.29 is 23.6 Å². The zero-order chi connectivity index (χ0) is 15.3. The van der Waals surface area contributed by atoms with E-state index in [1.807, 2.05) is 0 Å². The molecule has 1 aromatic carbocycles. The predicted octanol–water partition coefficient (Wildman–Crippen LogP) is 2.52. The zero-order valence-corrected chi connectivity index (χ0v) is 12.1. The van der Waals surface area contributed by atoms with Gasteiger partial charge in [-0.1, -0.05) is 0 Å². The van der Waals surface area contributed by atoms with Gasteiger partial charge in [0.1, 0.15) is 11.5 Å². The fourth-order valence-electron chi connectivity index (χ4n) is 1.62. The number of phenolic OH excluding ortho intramolecular Hbond substituents is 1. The summed E-state index contributed by atoms with van der Waals surface area (Å²) in [7, 11) is -3.71. The Morgan fingerprint density at radius 2 is 1.95 bits per heavy atom. The Hall–Kier alpha value is -1.47. The number of rotatable bonds is 7. The molecule has 1 atom stereocenters. The molecule has 0 aliphatic rings. The summed E-state index contributed by atoms with van der Waals surface area (Å²) in [4.78, 5) is 10.1. The van der Waals surface area contributed by atoms with Gasteiger partial charge in [0.05, 0.1) is 18.1 Å². The van der Waals surface area contributed by atoms with Gasteiger partial charge in [-0.05, 0) is 19.9 Å². The van der Waals surface area contributed by atoms with E-state index >= 15 is 0 Å². The standard InChI is InChI=1S/C11H17N2O6P/c1-3-18-20(17,19-4-2)11(12)9-7-8(13(15)16)5-6-10(9)14/h5-7,11,14H,3-4,12H2,1-2H3/t11-/m1/s1. The van der Waals surface area contributed by atoms with Crippen LogP contribution in [0.1, 0.15) is 25.2 Å². The largest absolute Gasteiger partial charge is 0.508 e. The van der Waals surface area contributed by atoms with Crippen LogP contribution >= 0.6 is 7.60 Å². The molecule has 112 valence electrons. The van der Waals surface area contributed by atoms with Crippen molar-refractivity contribution in [3.8, 4) is 5.75 Å². The van der Waals surface area contributed by atoms with Gasteiger partial charge >= 0.3 is 7.60 Å². The first-order valence-corrected chi connectivity index (χ1v) is 7.58. The van der Waals surface area contributed by atoms with E-state index in [-0.39, 0.29) is 30.2 Å². The van der Waals surface area contributed by atoms with Gasteiger partial charge in [0.25, 0.3) is 5.69 Å². The number of aromatic hydroxyl groups is 1. The number of nitrogens with two attached hydrogens (primary N) is 1. The van der Waals surface area contributed by atoms with Gasteiger partial charge in [-0.25, -0.2) is 0 Å². The quantitative estimate of drug-likeness (QED) is 0.450. The summed E-state index contributed by atoms with van der Waals surface area (Å²) >= 11 is 0. The van der Waals surface area contributed by atoms with Crippen LogP contribution in [0, 0.1) is 10.1 Å². The first-order valence-electron chi connectivity index (χ1n) is 5.97. The molecule has 8 nitrogen and oxygen atoms in total. The maximum absolute atomic E-state index is 12.5. The molecule has 3 N–H and O–H groups in total. The van der Waals surface area contributed by atoms with Crippen molar-refractivity contribution in [2.24, 2.45) is 5.73 Å². The smallest absolute Gasteiger partial charge is 0.351 e. The summed E-state index contributed by atoms with van der Waals surface area (Å²) < 4.78 is 22.6. The molecular weight excluding hydrogens is 287 g/mol. The molecule has 1 rings (SSSR count). The first-order chi connectivity index (χ1) is 9.35. The van der Waals surface area contributed by atoms with Gasteiger partial charge in [-0.3, -0.25) is 14.7 Å². The first kappa shape index (κ1) is 16.6. The molecule has 9 heteroatoms. The van der Waals surface area contributed by atoms with Crippen LogP contribution in [0.15, 0.2) is 18.2 Å². The third kappa shape index (κ3) is 3.55. The van der Waals surface area contributed by atoms with Crippen molar-refractivity contribution in [3.63, 3.8) is 0 Å². The van der Waals surface area contributed by atoms with E-state index in [0.717, 1.165) is 18.2 Å². The monoisotopic (exact) mass is 304 g/mol. The number of hydrogen-bond acceptors (Lipinski definition) is 7. The van der Waals surface area contributed by atoms with Crippen LogP contribution in [0.4, 0.5) is 5.69 Å². The van der Waals surface area contributed by atoms with Crippen LogP contribution < -0.4 is 5.73 Å². The Kier molecular flexibility index (Phi) is 5.64. The van der Waals surface area contributed by atoms with Crippen molar-refractivity contribution in [2.45, 2.75) is 19.6 Å². The van der Waals surface area contributed by atoms with E-state index in [0.29, 0.717) is 0 Å². The topological polar surface area (TPSA) is 125 Å². The summed E-state index contributed by atoms with van der Waals surface area (Å²) in [5.74, 6) is -1.61. The average molecular weight is 304 g/mol. The maximum atomic E-state index is 12.5. The molecule has 0 saturated heterocycles. The number of nitrogens with zero attached hydrogens (tertiary/aromatic N) is 1. The highest BCUT2D eigenvalue weighted by atomic mass is 31.2. The predicted molar refractivity (Wildman–Crippen MR) is 72.5 cm³/mol. The lowest BCUT2D eigenvalue weighted by Crippen LogP contribution is -2.15. The van der Waals surface area contributed by atoms with Crippen LogP contribution in [-0.2, 0) is 13.6 Å². The molecule has 0 bridgehead atoms. The van der Waals surface area contributed by atoms with Crippen LogP contribution in [0.3, 0.4) is 0 Å². The number of benzene rings is 1. The Morgan fingerprint density at radius 3 is 2.40 bits per heavy atom. The summed E-state index contributed by atoms with van der Waals surface area (Å²) in [5.41, 5.74) is 5.50. The highest BCUT2D eigenvalue weighted by Crippen LogP contribution is 2.59. The normalized spacial score (nSPS) is 13.2. The summed E-state index contributed by atoms with van der Waals surface area (Å²) in [6.45, 7) is 3.43. The highest BCUT2D eigenvalue weighted by Gasteiger charge is 2.36. The van der Waals surface area contributed by atoms with Gasteiger partial charge in [0.15, 0.2) is 0 Å². The Balaban J connectivity index is 3.23. The van der Waals surface area contributed by atoms with Gasteiger partial charge in [0, 0.05) is 17.7 Å². The van der Waals surface area contributed by atoms with E-state index in [4.69, 9.17) is 14.8 Å². The van der Waals surface area contributed by atoms with Gasteiger partial charge in [-0.15, -0.1) is 0 Å². The van der Waals surface area contributed by atoms with Crippen LogP contribution in [-0.4, -0.2) is 23.2 Å². The SMILES string of the molecule is CCOP(=O)(OCC)[C@@H](N)c1cc([N+](=O)[O-])ccc1O. The maximum Gasteiger partial charge on any atom is 0.351 e. The number of nitro groups is 1. The molecular formula is C11H17N2O6P. The van der Waals surface area contributed by atoms with E-state index in [1.165, 1.54) is 0 Å². The molecule has 1 aromatic rings. The minimum Gasteiger partial charge on any atom is -0.508 e. The van der Waals surface area contributed by atoms with Crippen molar-refractivity contribution in [1.29, 1.82) is 0 Å². The lowest BCUT2D eigenvalue weighted by Gasteiger charge is -2.23. The van der Waals surface area contributed by atoms with Crippen LogP contribution in [0.25, 0.3) is 0 Å². The minimum absolute atomic E-state index is 0.0515. The fourth-order valence-corrected chi connectivity index (χ4v) is 3.28. The van der Waals surface area contributed by atoms with Crippen molar-refractivity contribution >= 4 is 13.3 Å². The summed E-state index contributed by atoms with van der Waals surface area (Å²) in [6.07, 6.45) is 0. The average Bonchev–Trinajstić information content (AvgIpc) is 2.38. The van der Waals surface area contributed by atoms with Crippen LogP contribution in [0.2, 0.25) is 0 Å². The molecule has 0 fully saturated rings. The van der Waals surface area contributed by atoms with Crippen molar-refractivity contribution in [2.75, 3.05) is 13.2 Å². The molecule has 20 heavy (non-hydrogen) atoms. The van der Waals surface area contributed by atoms with E-state index in [2.05, 4.69) is 0 Å². The fraction of sp³-hybridized carbons (Fsp3) is 0.455. The second-order valence-electron chi connectivity index (χ2n) is 3.82. The van der Waals surface area contributed by atoms with Gasteiger partial charge < -0.3 is 19.9 Å². The van der Waals surface area contributed by atoms with Crippen molar-refractivity contribution in [3.05, 3.63) is 33.9 Å². The number of non-ortho nitro benzene ring substituents is 1. The summed E-state index contributed by atoms with van der Waals surface area (Å²) in [6, 6.07) is 3.30. The van der Waals surface area contributed by atoms with Crippen LogP contribution in [0.5, 0.6) is 5.75 Å². The third-order valence-corrected chi connectivity index (χ3v) is 4.70. The molecule has 0 aliphatic heterocycles. The highest BCUT2D eigenvalue weighted by molar-refractivity contribution is 7.54. The number of hydrogen-bond donors (Lipinski definition) is 2. The number of nitro benzene ring substituents is 1. The lowest BCUT2D eigenvalue weighted by atomic mass is 10.2. The number of phenols is 1. The van der Waals surface area contributed by atoms with Gasteiger partial charge in [-0.2, -0.15) is 0 Å². The Labute approximate surface area is 116 Å².